The summed E-state index contributed by atoms with van der Waals surface area (Å²) in [5, 5.41) is 8.76. The minimum atomic E-state index is -0.926. The Morgan fingerprint density at radius 1 is 1.07 bits per heavy atom. The molecule has 0 bridgehead atoms. The molecule has 0 radical (unpaired) electrons. The molecule has 2 amide bonds. The lowest BCUT2D eigenvalue weighted by molar-refractivity contribution is -0.145. The summed E-state index contributed by atoms with van der Waals surface area (Å²) >= 11 is 0. The number of carbonyl (C=O) groups is 2. The van der Waals surface area contributed by atoms with Crippen LogP contribution in [0, 0.1) is 0 Å². The van der Waals surface area contributed by atoms with Crippen LogP contribution in [0.5, 0.6) is 0 Å². The van der Waals surface area contributed by atoms with Gasteiger partial charge in [0.05, 0.1) is 6.10 Å². The fourth-order valence-electron chi connectivity index (χ4n) is 4.84. The van der Waals surface area contributed by atoms with E-state index in [0.717, 1.165) is 70.4 Å². The van der Waals surface area contributed by atoms with Gasteiger partial charge in [0, 0.05) is 37.9 Å². The predicted octanol–water partition coefficient (Wildman–Crippen LogP) is 2.37. The highest BCUT2D eigenvalue weighted by Gasteiger charge is 2.36. The van der Waals surface area contributed by atoms with Crippen LogP contribution in [0.3, 0.4) is 0 Å². The second-order valence-corrected chi connectivity index (χ2v) is 8.52. The van der Waals surface area contributed by atoms with Crippen LogP contribution in [0.2, 0.25) is 0 Å². The number of rotatable bonds is 5. The number of benzene rings is 1. The molecule has 1 saturated carbocycles. The number of hydrogen-bond acceptors (Lipinski definition) is 4. The Balaban J connectivity index is 1.37. The number of carbonyl (C=O) groups excluding carboxylic acids is 1. The van der Waals surface area contributed by atoms with Crippen LogP contribution in [-0.4, -0.2) is 78.9 Å². The zero-order valence-corrected chi connectivity index (χ0v) is 17.2. The molecule has 0 aromatic heterocycles. The van der Waals surface area contributed by atoms with Crippen molar-refractivity contribution in [2.24, 2.45) is 0 Å². The number of amides is 2. The van der Waals surface area contributed by atoms with E-state index in [0.29, 0.717) is 0 Å². The molecule has 2 aliphatic heterocycles. The number of anilines is 1. The molecule has 158 valence electrons. The van der Waals surface area contributed by atoms with Crippen LogP contribution in [0.15, 0.2) is 18.2 Å². The quantitative estimate of drug-likeness (QED) is 0.820. The monoisotopic (exact) mass is 401 g/mol. The summed E-state index contributed by atoms with van der Waals surface area (Å²) < 4.78 is 5.43. The van der Waals surface area contributed by atoms with Crippen molar-refractivity contribution in [3.63, 3.8) is 0 Å². The number of hydrogen-bond donors (Lipinski definition) is 1. The van der Waals surface area contributed by atoms with Crippen molar-refractivity contribution in [3.8, 4) is 0 Å². The van der Waals surface area contributed by atoms with Crippen molar-refractivity contribution in [3.05, 3.63) is 29.3 Å². The second kappa shape index (κ2) is 8.71. The molecule has 7 nitrogen and oxygen atoms in total. The van der Waals surface area contributed by atoms with Crippen LogP contribution in [0.25, 0.3) is 0 Å². The Morgan fingerprint density at radius 3 is 2.52 bits per heavy atom. The largest absolute Gasteiger partial charge is 0.480 e. The van der Waals surface area contributed by atoms with Crippen molar-refractivity contribution in [2.45, 2.75) is 50.7 Å². The second-order valence-electron chi connectivity index (χ2n) is 8.52. The van der Waals surface area contributed by atoms with Crippen molar-refractivity contribution in [2.75, 3.05) is 44.7 Å². The van der Waals surface area contributed by atoms with E-state index < -0.39 is 5.97 Å². The van der Waals surface area contributed by atoms with Gasteiger partial charge >= 0.3 is 12.0 Å². The first-order valence-electron chi connectivity index (χ1n) is 10.7. The van der Waals surface area contributed by atoms with Gasteiger partial charge in [0.1, 0.15) is 6.61 Å². The van der Waals surface area contributed by atoms with Gasteiger partial charge < -0.3 is 19.6 Å². The van der Waals surface area contributed by atoms with Gasteiger partial charge in [-0.2, -0.15) is 0 Å². The number of likely N-dealkylation sites (N-methyl/N-ethyl adjacent to an activating group) is 1. The minimum absolute atomic E-state index is 0.00105. The van der Waals surface area contributed by atoms with E-state index in [9.17, 15) is 9.59 Å². The van der Waals surface area contributed by atoms with Crippen molar-refractivity contribution >= 4 is 17.7 Å². The first-order valence-corrected chi connectivity index (χ1v) is 10.7. The zero-order chi connectivity index (χ0) is 20.4. The van der Waals surface area contributed by atoms with E-state index in [1.165, 1.54) is 11.1 Å². The topological polar surface area (TPSA) is 73.3 Å². The van der Waals surface area contributed by atoms with Gasteiger partial charge in [0.2, 0.25) is 0 Å². The number of carboxylic acids is 1. The maximum Gasteiger partial charge on any atom is 0.329 e. The third-order valence-corrected chi connectivity index (χ3v) is 6.60. The summed E-state index contributed by atoms with van der Waals surface area (Å²) in [5.74, 6) is -0.926. The summed E-state index contributed by atoms with van der Waals surface area (Å²) in [7, 11) is 2.16. The summed E-state index contributed by atoms with van der Waals surface area (Å²) in [4.78, 5) is 30.1. The fourth-order valence-corrected chi connectivity index (χ4v) is 4.84. The molecule has 0 unspecified atom stereocenters. The molecule has 7 heteroatoms. The Bertz CT molecular complexity index is 760. The zero-order valence-electron chi connectivity index (χ0n) is 17.2. The molecule has 1 aliphatic carbocycles. The molecule has 0 spiro atoms. The van der Waals surface area contributed by atoms with Crippen molar-refractivity contribution < 1.29 is 19.4 Å². The molecular weight excluding hydrogens is 370 g/mol. The number of carboxylic acid groups (broad SMARTS) is 1. The molecule has 2 heterocycles. The van der Waals surface area contributed by atoms with Gasteiger partial charge in [-0.1, -0.05) is 6.07 Å². The highest BCUT2D eigenvalue weighted by molar-refractivity contribution is 5.94. The van der Waals surface area contributed by atoms with E-state index in [-0.39, 0.29) is 24.8 Å². The lowest BCUT2D eigenvalue weighted by Gasteiger charge is -2.34. The van der Waals surface area contributed by atoms with Crippen LogP contribution in [-0.2, 0) is 22.4 Å². The molecule has 1 aromatic rings. The average molecular weight is 402 g/mol. The van der Waals surface area contributed by atoms with Crippen molar-refractivity contribution in [1.82, 2.24) is 9.80 Å². The highest BCUT2D eigenvalue weighted by Crippen LogP contribution is 2.31. The van der Waals surface area contributed by atoms with Crippen LogP contribution >= 0.6 is 0 Å². The van der Waals surface area contributed by atoms with Gasteiger partial charge in [0.25, 0.3) is 0 Å². The van der Waals surface area contributed by atoms with Gasteiger partial charge in [-0.3, -0.25) is 4.90 Å². The third-order valence-electron chi connectivity index (χ3n) is 6.60. The molecule has 3 aliphatic rings. The summed E-state index contributed by atoms with van der Waals surface area (Å²) in [6, 6.07) is 6.84. The summed E-state index contributed by atoms with van der Waals surface area (Å²) in [5.41, 5.74) is 3.79. The standard InChI is InChI=1S/C22H31N3O4/c1-23-10-8-16-2-3-19(14-17(16)9-11-23)25-13-12-24(22(25)28)18-4-6-20(7-5-18)29-15-21(26)27/h2-3,14,18,20H,4-13,15H2,1H3,(H,26,27). The summed E-state index contributed by atoms with van der Waals surface area (Å²) in [6.07, 6.45) is 5.48. The van der Waals surface area contributed by atoms with Gasteiger partial charge in [0.15, 0.2) is 0 Å². The first-order chi connectivity index (χ1) is 14.0. The molecule has 29 heavy (non-hydrogen) atoms. The number of nitrogens with zero attached hydrogens (tertiary/aromatic N) is 3. The summed E-state index contributed by atoms with van der Waals surface area (Å²) in [6.45, 7) is 3.39. The predicted molar refractivity (Wildman–Crippen MR) is 110 cm³/mol. The lowest BCUT2D eigenvalue weighted by atomic mass is 9.92. The fraction of sp³-hybridized carbons (Fsp3) is 0.636. The number of fused-ring (bicyclic) bond motifs is 1. The Labute approximate surface area is 172 Å². The van der Waals surface area contributed by atoms with E-state index in [2.05, 4.69) is 30.1 Å². The molecule has 1 saturated heterocycles. The molecule has 4 rings (SSSR count). The van der Waals surface area contributed by atoms with E-state index in [4.69, 9.17) is 9.84 Å². The number of aliphatic carboxylic acids is 1. The maximum absolute atomic E-state index is 13.1. The van der Waals surface area contributed by atoms with Gasteiger partial charge in [-0.15, -0.1) is 0 Å². The molecule has 2 fully saturated rings. The average Bonchev–Trinajstić information content (AvgIpc) is 3.00. The Hall–Kier alpha value is -2.12. The minimum Gasteiger partial charge on any atom is -0.480 e. The van der Waals surface area contributed by atoms with Crippen LogP contribution in [0.4, 0.5) is 10.5 Å². The molecule has 1 N–H and O–H groups in total. The third kappa shape index (κ3) is 4.56. The number of urea groups is 1. The van der Waals surface area contributed by atoms with Crippen molar-refractivity contribution in [1.29, 1.82) is 0 Å². The molecule has 1 aromatic carbocycles. The Morgan fingerprint density at radius 2 is 1.79 bits per heavy atom. The van der Waals surface area contributed by atoms with E-state index >= 15 is 0 Å². The highest BCUT2D eigenvalue weighted by atomic mass is 16.5. The smallest absolute Gasteiger partial charge is 0.329 e. The van der Waals surface area contributed by atoms with E-state index in [1.54, 1.807) is 0 Å². The molecule has 0 atom stereocenters. The molecular formula is C22H31N3O4. The van der Waals surface area contributed by atoms with E-state index in [1.807, 2.05) is 9.80 Å². The Kier molecular flexibility index (Phi) is 6.06. The maximum atomic E-state index is 13.1. The van der Waals surface area contributed by atoms with Gasteiger partial charge in [-0.05, 0) is 68.8 Å². The SMILES string of the molecule is CN1CCc2ccc(N3CCN(C4CCC(OCC(=O)O)CC4)C3=O)cc2CC1. The van der Waals surface area contributed by atoms with Gasteiger partial charge in [-0.25, -0.2) is 9.59 Å². The van der Waals surface area contributed by atoms with Crippen LogP contribution < -0.4 is 4.90 Å². The normalized spacial score (nSPS) is 25.8. The number of ether oxygens (including phenoxy) is 1. The lowest BCUT2D eigenvalue weighted by Crippen LogP contribution is -2.42. The van der Waals surface area contributed by atoms with Crippen LogP contribution in [0.1, 0.15) is 36.8 Å². The first kappa shape index (κ1) is 20.2.